The molecule has 0 atom stereocenters. The van der Waals surface area contributed by atoms with Crippen molar-refractivity contribution in [2.24, 2.45) is 0 Å². The van der Waals surface area contributed by atoms with Gasteiger partial charge in [0, 0.05) is 37.2 Å². The summed E-state index contributed by atoms with van der Waals surface area (Å²) in [5.41, 5.74) is -2.37. The second kappa shape index (κ2) is 14.1. The van der Waals surface area contributed by atoms with Gasteiger partial charge in [-0.25, -0.2) is 42.5 Å². The van der Waals surface area contributed by atoms with Crippen LogP contribution in [0.5, 0.6) is 0 Å². The van der Waals surface area contributed by atoms with Crippen molar-refractivity contribution in [3.05, 3.63) is 122 Å². The molecule has 0 amide bonds. The van der Waals surface area contributed by atoms with E-state index in [9.17, 15) is 28.8 Å². The summed E-state index contributed by atoms with van der Waals surface area (Å²) in [6, 6.07) is 8.60. The standard InChI is InChI=1S/C27H24N6O9/c34-22(19-1-7-28-8-2-19)40-16-13-31-25(37)32(14-17-41-23(35)20-3-9-29-10-4-20)27(39)33(26(31)38)15-18-42-24(36)21-5-11-30-12-6-21/h1-12H,13-18H2. The molecule has 0 aromatic carbocycles. The maximum absolute atomic E-state index is 13.1. The van der Waals surface area contributed by atoms with Gasteiger partial charge in [0.1, 0.15) is 19.8 Å². The molecule has 0 unspecified atom stereocenters. The fourth-order valence-electron chi connectivity index (χ4n) is 3.66. The van der Waals surface area contributed by atoms with E-state index < -0.39 is 35.0 Å². The largest absolute Gasteiger partial charge is 0.460 e. The summed E-state index contributed by atoms with van der Waals surface area (Å²) in [6.07, 6.45) is 8.41. The molecule has 0 bridgehead atoms. The number of esters is 3. The molecule has 42 heavy (non-hydrogen) atoms. The van der Waals surface area contributed by atoms with Gasteiger partial charge in [0.25, 0.3) is 0 Å². The number of hydrogen-bond acceptors (Lipinski definition) is 12. The number of ether oxygens (including phenoxy) is 3. The zero-order valence-electron chi connectivity index (χ0n) is 22.0. The molecule has 0 saturated heterocycles. The van der Waals surface area contributed by atoms with E-state index in [1.165, 1.54) is 73.6 Å². The van der Waals surface area contributed by atoms with Gasteiger partial charge in [0.05, 0.1) is 36.3 Å². The predicted octanol–water partition coefficient (Wildman–Crippen LogP) is -0.0723. The predicted molar refractivity (Wildman–Crippen MR) is 143 cm³/mol. The highest BCUT2D eigenvalue weighted by molar-refractivity contribution is 5.90. The zero-order chi connectivity index (χ0) is 29.9. The first-order chi connectivity index (χ1) is 20.4. The quantitative estimate of drug-likeness (QED) is 0.162. The Morgan fingerprint density at radius 3 is 0.952 bits per heavy atom. The first kappa shape index (κ1) is 29.3. The molecule has 0 aliphatic rings. The second-order valence-corrected chi connectivity index (χ2v) is 8.42. The smallest absolute Gasteiger partial charge is 0.338 e. The molecule has 4 aromatic heterocycles. The summed E-state index contributed by atoms with van der Waals surface area (Å²) < 4.78 is 17.6. The average Bonchev–Trinajstić information content (AvgIpc) is 3.03. The number of aromatic nitrogens is 6. The molecule has 0 fully saturated rings. The highest BCUT2D eigenvalue weighted by Crippen LogP contribution is 2.01. The van der Waals surface area contributed by atoms with Gasteiger partial charge in [-0.15, -0.1) is 0 Å². The maximum atomic E-state index is 13.1. The first-order valence-corrected chi connectivity index (χ1v) is 12.5. The van der Waals surface area contributed by atoms with Gasteiger partial charge in [-0.2, -0.15) is 0 Å². The fourth-order valence-corrected chi connectivity index (χ4v) is 3.66. The molecule has 0 radical (unpaired) electrons. The van der Waals surface area contributed by atoms with Gasteiger partial charge in [-0.3, -0.25) is 15.0 Å². The number of nitrogens with zero attached hydrogens (tertiary/aromatic N) is 6. The first-order valence-electron chi connectivity index (χ1n) is 12.5. The topological polar surface area (TPSA) is 184 Å². The molecule has 4 heterocycles. The van der Waals surface area contributed by atoms with Crippen LogP contribution in [0.1, 0.15) is 31.1 Å². The van der Waals surface area contributed by atoms with E-state index in [1.807, 2.05) is 0 Å². The Morgan fingerprint density at radius 2 is 0.714 bits per heavy atom. The Labute approximate surface area is 236 Å². The molecule has 0 spiro atoms. The lowest BCUT2D eigenvalue weighted by molar-refractivity contribution is 0.0486. The second-order valence-electron chi connectivity index (χ2n) is 8.42. The Kier molecular flexibility index (Phi) is 9.80. The lowest BCUT2D eigenvalue weighted by atomic mass is 10.3. The van der Waals surface area contributed by atoms with Gasteiger partial charge in [0.15, 0.2) is 0 Å². The summed E-state index contributed by atoms with van der Waals surface area (Å²) in [5, 5.41) is 0. The molecule has 0 aliphatic carbocycles. The number of hydrogen-bond donors (Lipinski definition) is 0. The van der Waals surface area contributed by atoms with Crippen LogP contribution in [0.15, 0.2) is 88.0 Å². The molecule has 4 aromatic rings. The summed E-state index contributed by atoms with van der Waals surface area (Å²) in [4.78, 5) is 87.6. The number of rotatable bonds is 12. The lowest BCUT2D eigenvalue weighted by Gasteiger charge is -2.14. The van der Waals surface area contributed by atoms with Gasteiger partial charge in [0.2, 0.25) is 0 Å². The summed E-state index contributed by atoms with van der Waals surface area (Å²) in [6.45, 7) is -2.28. The van der Waals surface area contributed by atoms with Crippen molar-refractivity contribution < 1.29 is 28.6 Å². The van der Waals surface area contributed by atoms with Gasteiger partial charge < -0.3 is 14.2 Å². The van der Waals surface area contributed by atoms with E-state index in [1.54, 1.807) is 0 Å². The average molecular weight is 577 g/mol. The Morgan fingerprint density at radius 1 is 0.476 bits per heavy atom. The van der Waals surface area contributed by atoms with Crippen LogP contribution in [0.3, 0.4) is 0 Å². The monoisotopic (exact) mass is 576 g/mol. The summed E-state index contributed by atoms with van der Waals surface area (Å²) in [5.74, 6) is -2.11. The van der Waals surface area contributed by atoms with Crippen LogP contribution in [0.2, 0.25) is 0 Å². The molecule has 0 N–H and O–H groups in total. The molecular weight excluding hydrogens is 552 g/mol. The third-order valence-electron chi connectivity index (χ3n) is 5.78. The fraction of sp³-hybridized carbons (Fsp3) is 0.222. The van der Waals surface area contributed by atoms with Crippen molar-refractivity contribution in [3.63, 3.8) is 0 Å². The van der Waals surface area contributed by atoms with E-state index in [4.69, 9.17) is 14.2 Å². The lowest BCUT2D eigenvalue weighted by Crippen LogP contribution is -2.55. The van der Waals surface area contributed by atoms with Gasteiger partial charge >= 0.3 is 35.0 Å². The third-order valence-corrected chi connectivity index (χ3v) is 5.78. The van der Waals surface area contributed by atoms with Crippen molar-refractivity contribution >= 4 is 17.9 Å². The van der Waals surface area contributed by atoms with Crippen molar-refractivity contribution in [1.82, 2.24) is 28.7 Å². The van der Waals surface area contributed by atoms with Crippen LogP contribution in [-0.2, 0) is 33.8 Å². The summed E-state index contributed by atoms with van der Waals surface area (Å²) in [7, 11) is 0. The minimum atomic E-state index is -1.00. The van der Waals surface area contributed by atoms with Crippen LogP contribution in [-0.4, -0.2) is 66.4 Å². The molecule has 0 saturated carbocycles. The normalized spacial score (nSPS) is 10.6. The number of pyridine rings is 3. The van der Waals surface area contributed by atoms with E-state index in [0.717, 1.165) is 0 Å². The van der Waals surface area contributed by atoms with E-state index in [0.29, 0.717) is 13.7 Å². The maximum Gasteiger partial charge on any atom is 0.338 e. The zero-order valence-corrected chi connectivity index (χ0v) is 22.0. The van der Waals surface area contributed by atoms with Crippen LogP contribution in [0.4, 0.5) is 0 Å². The van der Waals surface area contributed by atoms with Crippen molar-refractivity contribution in [1.29, 1.82) is 0 Å². The highest BCUT2D eigenvalue weighted by Gasteiger charge is 2.18. The summed E-state index contributed by atoms with van der Waals surface area (Å²) >= 11 is 0. The minimum Gasteiger partial charge on any atom is -0.460 e. The van der Waals surface area contributed by atoms with E-state index >= 15 is 0 Å². The number of carbonyl (C=O) groups is 3. The SMILES string of the molecule is O=C(OCCn1c(=O)n(CCOC(=O)c2ccncc2)c(=O)n(CCOC(=O)c2ccncc2)c1=O)c1ccncc1. The molecule has 15 nitrogen and oxygen atoms in total. The van der Waals surface area contributed by atoms with Crippen LogP contribution >= 0.6 is 0 Å². The molecular formula is C27H24N6O9. The van der Waals surface area contributed by atoms with Crippen molar-refractivity contribution in [3.8, 4) is 0 Å². The molecule has 216 valence electrons. The Balaban J connectivity index is 1.52. The number of carbonyl (C=O) groups excluding carboxylic acids is 3. The minimum absolute atomic E-state index is 0.215. The Bertz CT molecular complexity index is 1480. The molecule has 15 heteroatoms. The third kappa shape index (κ3) is 7.26. The van der Waals surface area contributed by atoms with Crippen molar-refractivity contribution in [2.45, 2.75) is 19.6 Å². The van der Waals surface area contributed by atoms with E-state index in [-0.39, 0.29) is 56.1 Å². The highest BCUT2D eigenvalue weighted by atomic mass is 16.5. The van der Waals surface area contributed by atoms with Gasteiger partial charge in [-0.1, -0.05) is 0 Å². The molecule has 4 rings (SSSR count). The van der Waals surface area contributed by atoms with Crippen molar-refractivity contribution in [2.75, 3.05) is 19.8 Å². The Hall–Kier alpha value is -5.73. The van der Waals surface area contributed by atoms with Crippen LogP contribution in [0, 0.1) is 0 Å². The van der Waals surface area contributed by atoms with Crippen LogP contribution < -0.4 is 17.1 Å². The van der Waals surface area contributed by atoms with Crippen LogP contribution in [0.25, 0.3) is 0 Å². The molecule has 0 aliphatic heterocycles. The van der Waals surface area contributed by atoms with E-state index in [2.05, 4.69) is 15.0 Å². The van der Waals surface area contributed by atoms with Gasteiger partial charge in [-0.05, 0) is 36.4 Å².